The van der Waals surface area contributed by atoms with Crippen LogP contribution in [0, 0.1) is 152 Å². The zero-order chi connectivity index (χ0) is 43.5. The topological polar surface area (TPSA) is 35.6 Å². The first-order chi connectivity index (χ1) is 27.5. The Kier molecular flexibility index (Phi) is 9.00. The predicted molar refractivity (Wildman–Crippen MR) is 253 cm³/mol. The highest BCUT2D eigenvalue weighted by Gasteiger charge is 2.55. The van der Waals surface area contributed by atoms with Gasteiger partial charge >= 0.3 is 0 Å². The molecule has 0 radical (unpaired) electrons. The molecular weight excluding hydrogens is 717 g/mol. The number of aryl methyl sites for hydroxylation is 6. The Balaban J connectivity index is 1.80. The first-order valence-electron chi connectivity index (χ1n) is 21.7. The fourth-order valence-corrected chi connectivity index (χ4v) is 11.8. The average molecular weight is 783 g/mol. The number of nitrogens with zero attached hydrogens (tertiary/aromatic N) is 4. The smallest absolute Gasteiger partial charge is 0.208 e. The predicted octanol–water partition coefficient (Wildman–Crippen LogP) is 14.1. The third-order valence-electron chi connectivity index (χ3n) is 16.8. The van der Waals surface area contributed by atoms with Crippen molar-refractivity contribution in [3.05, 3.63) is 134 Å². The summed E-state index contributed by atoms with van der Waals surface area (Å²) in [6, 6.07) is 0. The molecule has 5 aromatic carbocycles. The van der Waals surface area contributed by atoms with Gasteiger partial charge in [0.1, 0.15) is 0 Å². The van der Waals surface area contributed by atoms with Crippen molar-refractivity contribution in [3.63, 3.8) is 0 Å². The van der Waals surface area contributed by atoms with Crippen molar-refractivity contribution in [3.8, 4) is 22.3 Å². The zero-order valence-corrected chi connectivity index (χ0v) is 40.3. The summed E-state index contributed by atoms with van der Waals surface area (Å²) in [7, 11) is 0. The molecule has 0 amide bonds. The molecule has 2 heterocycles. The first kappa shape index (κ1) is 40.8. The monoisotopic (exact) mass is 783 g/mol. The zero-order valence-electron chi connectivity index (χ0n) is 40.3. The minimum atomic E-state index is -0.970. The van der Waals surface area contributed by atoms with Crippen LogP contribution in [-0.4, -0.2) is 19.6 Å². The van der Waals surface area contributed by atoms with Gasteiger partial charge in [-0.25, -0.2) is 9.36 Å². The second-order valence-corrected chi connectivity index (χ2v) is 18.9. The maximum atomic E-state index is 5.88. The van der Waals surface area contributed by atoms with Gasteiger partial charge in [-0.1, -0.05) is 0 Å². The standard InChI is InChI=1S/C55H66N4/c1-23-24(2)32(10)45(33(11)25(23)3)46-37(15)38(16)50-49-36(14)26(4)29(7)39(17)51(49)55(52(50)42(46)20,58-53-40(18)30(8)27(5)34(12)47(53)43(21)56-58)59-54-41(19)31(9)28(6)35(13)48(54)44(22)57-59/h1-22H3. The highest BCUT2D eigenvalue weighted by molar-refractivity contribution is 5.99. The molecule has 1 aliphatic carbocycles. The Labute approximate surface area is 354 Å². The van der Waals surface area contributed by atoms with E-state index in [-0.39, 0.29) is 0 Å². The molecule has 59 heavy (non-hydrogen) atoms. The number of rotatable bonds is 3. The number of hydrogen-bond acceptors (Lipinski definition) is 2. The summed E-state index contributed by atoms with van der Waals surface area (Å²) in [5.41, 5.74) is 38.3. The largest absolute Gasteiger partial charge is 0.228 e. The van der Waals surface area contributed by atoms with Crippen LogP contribution in [0.15, 0.2) is 0 Å². The van der Waals surface area contributed by atoms with Crippen molar-refractivity contribution in [2.75, 3.05) is 0 Å². The van der Waals surface area contributed by atoms with Crippen molar-refractivity contribution in [1.82, 2.24) is 19.6 Å². The third kappa shape index (κ3) is 4.72. The van der Waals surface area contributed by atoms with Crippen LogP contribution in [0.1, 0.15) is 134 Å². The second kappa shape index (κ2) is 13.0. The highest BCUT2D eigenvalue weighted by Crippen LogP contribution is 2.60. The number of benzene rings is 5. The van der Waals surface area contributed by atoms with Gasteiger partial charge in [-0.3, -0.25) is 0 Å². The lowest BCUT2D eigenvalue weighted by Crippen LogP contribution is -2.45. The summed E-state index contributed by atoms with van der Waals surface area (Å²) in [6.45, 7) is 51.0. The van der Waals surface area contributed by atoms with E-state index in [4.69, 9.17) is 10.2 Å². The van der Waals surface area contributed by atoms with Crippen LogP contribution in [-0.2, 0) is 5.66 Å². The maximum absolute atomic E-state index is 5.88. The lowest BCUT2D eigenvalue weighted by Gasteiger charge is -2.38. The van der Waals surface area contributed by atoms with Crippen molar-refractivity contribution < 1.29 is 0 Å². The molecule has 0 spiro atoms. The first-order valence-corrected chi connectivity index (χ1v) is 21.7. The van der Waals surface area contributed by atoms with Crippen LogP contribution in [0.3, 0.4) is 0 Å². The maximum Gasteiger partial charge on any atom is 0.208 e. The van der Waals surface area contributed by atoms with Crippen LogP contribution in [0.4, 0.5) is 0 Å². The van der Waals surface area contributed by atoms with Crippen LogP contribution < -0.4 is 0 Å². The molecule has 0 saturated heterocycles. The normalized spacial score (nSPS) is 13.4. The van der Waals surface area contributed by atoms with E-state index in [1.165, 1.54) is 166 Å². The molecule has 306 valence electrons. The van der Waals surface area contributed by atoms with Gasteiger partial charge in [-0.15, -0.1) is 0 Å². The molecule has 0 aliphatic heterocycles. The van der Waals surface area contributed by atoms with Crippen LogP contribution in [0.25, 0.3) is 44.1 Å². The van der Waals surface area contributed by atoms with Crippen molar-refractivity contribution in [1.29, 1.82) is 0 Å². The van der Waals surface area contributed by atoms with Gasteiger partial charge in [0.2, 0.25) is 5.66 Å². The van der Waals surface area contributed by atoms with E-state index in [1.54, 1.807) is 0 Å². The summed E-state index contributed by atoms with van der Waals surface area (Å²) in [6.07, 6.45) is 0. The Hall–Kier alpha value is -4.96. The lowest BCUT2D eigenvalue weighted by atomic mass is 9.78. The van der Waals surface area contributed by atoms with E-state index >= 15 is 0 Å². The Morgan fingerprint density at radius 2 is 0.508 bits per heavy atom. The van der Waals surface area contributed by atoms with E-state index in [0.29, 0.717) is 0 Å². The number of fused-ring (bicyclic) bond motifs is 5. The Morgan fingerprint density at radius 3 is 0.915 bits per heavy atom. The van der Waals surface area contributed by atoms with Crippen molar-refractivity contribution >= 4 is 21.8 Å². The molecule has 4 heteroatoms. The molecule has 0 bridgehead atoms. The molecule has 0 N–H and O–H groups in total. The molecule has 0 unspecified atom stereocenters. The molecule has 0 fully saturated rings. The Morgan fingerprint density at radius 1 is 0.254 bits per heavy atom. The van der Waals surface area contributed by atoms with Gasteiger partial charge < -0.3 is 0 Å². The van der Waals surface area contributed by atoms with Crippen LogP contribution >= 0.6 is 0 Å². The number of aromatic nitrogens is 4. The molecule has 8 rings (SSSR count). The summed E-state index contributed by atoms with van der Waals surface area (Å²) >= 11 is 0. The van der Waals surface area contributed by atoms with Crippen molar-refractivity contribution in [2.45, 2.75) is 158 Å². The molecule has 1 aliphatic rings. The average Bonchev–Trinajstić information content (AvgIpc) is 3.85. The van der Waals surface area contributed by atoms with Gasteiger partial charge in [0, 0.05) is 21.9 Å². The van der Waals surface area contributed by atoms with Crippen LogP contribution in [0.5, 0.6) is 0 Å². The summed E-state index contributed by atoms with van der Waals surface area (Å²) < 4.78 is 4.95. The molecule has 2 aromatic heterocycles. The minimum absolute atomic E-state index is 0.970. The fraction of sp³-hybridized carbons (Fsp3) is 0.418. The van der Waals surface area contributed by atoms with E-state index < -0.39 is 5.66 Å². The minimum Gasteiger partial charge on any atom is -0.228 e. The molecule has 0 saturated carbocycles. The highest BCUT2D eigenvalue weighted by atomic mass is 15.5. The molecular formula is C55H66N4. The second-order valence-electron chi connectivity index (χ2n) is 18.9. The molecule has 4 nitrogen and oxygen atoms in total. The Bertz CT molecular complexity index is 2960. The molecule has 0 atom stereocenters. The van der Waals surface area contributed by atoms with Gasteiger partial charge in [0.25, 0.3) is 0 Å². The lowest BCUT2D eigenvalue weighted by molar-refractivity contribution is 0.318. The summed E-state index contributed by atoms with van der Waals surface area (Å²) in [4.78, 5) is 0. The third-order valence-corrected chi connectivity index (χ3v) is 16.8. The van der Waals surface area contributed by atoms with E-state index in [0.717, 1.165) is 11.4 Å². The summed E-state index contributed by atoms with van der Waals surface area (Å²) in [5, 5.41) is 14.3. The summed E-state index contributed by atoms with van der Waals surface area (Å²) in [5.74, 6) is 0. The SMILES string of the molecule is Cc1c(C)c(C)c(-c2c(C)c(C)c3c(c2C)C(n2nc(C)c4c(C)c(C)c(C)c(C)c42)(n2nc(C)c4c(C)c(C)c(C)c(C)c42)c2c(C)c(C)c(C)c(C)c2-3)c(C)c1C. The van der Waals surface area contributed by atoms with Crippen molar-refractivity contribution in [2.24, 2.45) is 0 Å². The van der Waals surface area contributed by atoms with E-state index in [1.807, 2.05) is 0 Å². The van der Waals surface area contributed by atoms with Gasteiger partial charge in [0.15, 0.2) is 0 Å². The van der Waals surface area contributed by atoms with Gasteiger partial charge in [-0.2, -0.15) is 10.2 Å². The molecule has 7 aromatic rings. The van der Waals surface area contributed by atoms with E-state index in [2.05, 4.69) is 162 Å². The fourth-order valence-electron chi connectivity index (χ4n) is 11.8. The van der Waals surface area contributed by atoms with Gasteiger partial charge in [0.05, 0.1) is 22.4 Å². The van der Waals surface area contributed by atoms with E-state index in [9.17, 15) is 0 Å². The van der Waals surface area contributed by atoms with Gasteiger partial charge in [-0.05, 0) is 286 Å². The van der Waals surface area contributed by atoms with Crippen LogP contribution in [0.2, 0.25) is 0 Å². The number of hydrogen-bond donors (Lipinski definition) is 0. The quantitative estimate of drug-likeness (QED) is 0.179.